The molecule has 3 saturated heterocycles. The molecule has 8 nitrogen and oxygen atoms in total. The first-order valence-corrected chi connectivity index (χ1v) is 12.2. The molecule has 1 saturated carbocycles. The van der Waals surface area contributed by atoms with Crippen molar-refractivity contribution in [2.75, 3.05) is 52.4 Å². The van der Waals surface area contributed by atoms with E-state index < -0.39 is 0 Å². The number of fused-ring (bicyclic) bond motifs is 1. The molecule has 0 aromatic rings. The summed E-state index contributed by atoms with van der Waals surface area (Å²) in [5, 5.41) is 0. The third-order valence-electron chi connectivity index (χ3n) is 7.52. The highest BCUT2D eigenvalue weighted by Crippen LogP contribution is 2.38. The quantitative estimate of drug-likeness (QED) is 0.608. The van der Waals surface area contributed by atoms with Crippen LogP contribution in [0.4, 0.5) is 0 Å². The van der Waals surface area contributed by atoms with Crippen molar-refractivity contribution in [1.82, 2.24) is 19.6 Å². The molecule has 3 aliphatic heterocycles. The Bertz CT molecular complexity index is 672. The van der Waals surface area contributed by atoms with Gasteiger partial charge in [0.15, 0.2) is 0 Å². The second kappa shape index (κ2) is 10.1. The minimum absolute atomic E-state index is 0.00559. The molecule has 0 spiro atoms. The van der Waals surface area contributed by atoms with Crippen LogP contribution in [-0.4, -0.2) is 95.6 Å². The molecule has 0 bridgehead atoms. The predicted octanol–water partition coefficient (Wildman–Crippen LogP) is 1.10. The molecule has 4 rings (SSSR count). The van der Waals surface area contributed by atoms with E-state index in [9.17, 15) is 19.2 Å². The van der Waals surface area contributed by atoms with E-state index in [2.05, 4.69) is 4.90 Å². The van der Waals surface area contributed by atoms with E-state index in [0.29, 0.717) is 32.7 Å². The third-order valence-corrected chi connectivity index (χ3v) is 7.52. The van der Waals surface area contributed by atoms with Crippen LogP contribution in [0.15, 0.2) is 0 Å². The van der Waals surface area contributed by atoms with E-state index >= 15 is 0 Å². The fourth-order valence-corrected chi connectivity index (χ4v) is 5.58. The first kappa shape index (κ1) is 22.2. The molecule has 1 aliphatic carbocycles. The van der Waals surface area contributed by atoms with Gasteiger partial charge < -0.3 is 9.80 Å². The first-order chi connectivity index (χ1) is 15.0. The molecular formula is C23H36N4O4. The van der Waals surface area contributed by atoms with Gasteiger partial charge in [0.2, 0.25) is 23.6 Å². The summed E-state index contributed by atoms with van der Waals surface area (Å²) in [5.41, 5.74) is 0. The number of hydrogen-bond donors (Lipinski definition) is 0. The second-order valence-electron chi connectivity index (χ2n) is 9.53. The molecule has 0 radical (unpaired) electrons. The maximum atomic E-state index is 12.7. The van der Waals surface area contributed by atoms with E-state index in [-0.39, 0.29) is 48.4 Å². The summed E-state index contributed by atoms with van der Waals surface area (Å²) in [5.74, 6) is -0.245. The van der Waals surface area contributed by atoms with Crippen molar-refractivity contribution in [1.29, 1.82) is 0 Å². The molecule has 3 heterocycles. The SMILES string of the molecule is O=C(CCN1C(=O)C2CCCCC2C1=O)N1CCN(CC(=O)N2CCCCCC2)CC1. The molecule has 0 aromatic carbocycles. The molecule has 31 heavy (non-hydrogen) atoms. The maximum absolute atomic E-state index is 12.7. The Morgan fingerprint density at radius 2 is 1.23 bits per heavy atom. The van der Waals surface area contributed by atoms with Gasteiger partial charge in [0.05, 0.1) is 18.4 Å². The molecule has 0 N–H and O–H groups in total. The Kier molecular flexibility index (Phi) is 7.25. The summed E-state index contributed by atoms with van der Waals surface area (Å²) >= 11 is 0. The number of amides is 4. The largest absolute Gasteiger partial charge is 0.342 e. The lowest BCUT2D eigenvalue weighted by atomic mass is 9.81. The van der Waals surface area contributed by atoms with Crippen LogP contribution >= 0.6 is 0 Å². The van der Waals surface area contributed by atoms with Gasteiger partial charge in [-0.05, 0) is 25.7 Å². The van der Waals surface area contributed by atoms with Crippen LogP contribution in [0.2, 0.25) is 0 Å². The Hall–Kier alpha value is -1.96. The zero-order chi connectivity index (χ0) is 21.8. The third kappa shape index (κ3) is 5.10. The monoisotopic (exact) mass is 432 g/mol. The summed E-state index contributed by atoms with van der Waals surface area (Å²) in [6.45, 7) is 4.95. The van der Waals surface area contributed by atoms with Gasteiger partial charge in [0, 0.05) is 52.2 Å². The summed E-state index contributed by atoms with van der Waals surface area (Å²) in [6, 6.07) is 0. The minimum Gasteiger partial charge on any atom is -0.342 e. The number of hydrogen-bond acceptors (Lipinski definition) is 5. The van der Waals surface area contributed by atoms with Gasteiger partial charge in [0.1, 0.15) is 0 Å². The standard InChI is InChI=1S/C23H36N4O4/c28-20(9-12-27-22(30)18-7-3-4-8-19(18)23(27)31)26-15-13-24(14-16-26)17-21(29)25-10-5-1-2-6-11-25/h18-19H,1-17H2. The van der Waals surface area contributed by atoms with Crippen LogP contribution in [-0.2, 0) is 19.2 Å². The van der Waals surface area contributed by atoms with Crippen molar-refractivity contribution >= 4 is 23.6 Å². The number of carbonyl (C=O) groups excluding carboxylic acids is 4. The molecule has 172 valence electrons. The van der Waals surface area contributed by atoms with Gasteiger partial charge in [-0.15, -0.1) is 0 Å². The fraction of sp³-hybridized carbons (Fsp3) is 0.826. The number of rotatable bonds is 5. The number of carbonyl (C=O) groups is 4. The van der Waals surface area contributed by atoms with E-state index in [1.807, 2.05) is 9.80 Å². The summed E-state index contributed by atoms with van der Waals surface area (Å²) in [6.07, 6.45) is 8.43. The van der Waals surface area contributed by atoms with Crippen molar-refractivity contribution in [3.8, 4) is 0 Å². The van der Waals surface area contributed by atoms with Gasteiger partial charge in [0.25, 0.3) is 0 Å². The molecule has 0 aromatic heterocycles. The van der Waals surface area contributed by atoms with E-state index in [4.69, 9.17) is 0 Å². The van der Waals surface area contributed by atoms with Crippen LogP contribution < -0.4 is 0 Å². The Morgan fingerprint density at radius 1 is 0.677 bits per heavy atom. The van der Waals surface area contributed by atoms with Crippen molar-refractivity contribution in [2.24, 2.45) is 11.8 Å². The zero-order valence-electron chi connectivity index (χ0n) is 18.6. The zero-order valence-corrected chi connectivity index (χ0v) is 18.6. The molecular weight excluding hydrogens is 396 g/mol. The normalized spacial score (nSPS) is 27.9. The first-order valence-electron chi connectivity index (χ1n) is 12.2. The topological polar surface area (TPSA) is 81.2 Å². The average Bonchev–Trinajstić information content (AvgIpc) is 2.98. The Labute approximate surface area is 184 Å². The highest BCUT2D eigenvalue weighted by molar-refractivity contribution is 6.05. The highest BCUT2D eigenvalue weighted by Gasteiger charge is 2.47. The van der Waals surface area contributed by atoms with Crippen LogP contribution in [0, 0.1) is 11.8 Å². The second-order valence-corrected chi connectivity index (χ2v) is 9.53. The van der Waals surface area contributed by atoms with Gasteiger partial charge in [-0.3, -0.25) is 29.0 Å². The Morgan fingerprint density at radius 3 is 1.81 bits per heavy atom. The van der Waals surface area contributed by atoms with Crippen molar-refractivity contribution < 1.29 is 19.2 Å². The molecule has 4 fully saturated rings. The number of piperazine rings is 1. The van der Waals surface area contributed by atoms with Gasteiger partial charge in [-0.2, -0.15) is 0 Å². The van der Waals surface area contributed by atoms with E-state index in [1.165, 1.54) is 17.7 Å². The number of nitrogens with zero attached hydrogens (tertiary/aromatic N) is 4. The molecule has 8 heteroatoms. The lowest BCUT2D eigenvalue weighted by molar-refractivity contribution is -0.141. The Balaban J connectivity index is 1.19. The predicted molar refractivity (Wildman–Crippen MR) is 115 cm³/mol. The average molecular weight is 433 g/mol. The van der Waals surface area contributed by atoms with Gasteiger partial charge in [-0.25, -0.2) is 0 Å². The lowest BCUT2D eigenvalue weighted by Gasteiger charge is -2.35. The summed E-state index contributed by atoms with van der Waals surface area (Å²) in [4.78, 5) is 57.7. The number of imide groups is 1. The van der Waals surface area contributed by atoms with Gasteiger partial charge >= 0.3 is 0 Å². The van der Waals surface area contributed by atoms with Crippen molar-refractivity contribution in [3.05, 3.63) is 0 Å². The van der Waals surface area contributed by atoms with Gasteiger partial charge in [-0.1, -0.05) is 25.7 Å². The van der Waals surface area contributed by atoms with Crippen LogP contribution in [0.5, 0.6) is 0 Å². The van der Waals surface area contributed by atoms with E-state index in [1.54, 1.807) is 0 Å². The van der Waals surface area contributed by atoms with E-state index in [0.717, 1.165) is 51.6 Å². The van der Waals surface area contributed by atoms with Crippen molar-refractivity contribution in [2.45, 2.75) is 57.8 Å². The van der Waals surface area contributed by atoms with Crippen molar-refractivity contribution in [3.63, 3.8) is 0 Å². The molecule has 2 atom stereocenters. The maximum Gasteiger partial charge on any atom is 0.236 e. The lowest BCUT2D eigenvalue weighted by Crippen LogP contribution is -2.52. The minimum atomic E-state index is -0.151. The van der Waals surface area contributed by atoms with Crippen LogP contribution in [0.25, 0.3) is 0 Å². The van der Waals surface area contributed by atoms with Crippen LogP contribution in [0.1, 0.15) is 57.8 Å². The summed E-state index contributed by atoms with van der Waals surface area (Å²) in [7, 11) is 0. The molecule has 4 aliphatic rings. The molecule has 4 amide bonds. The fourth-order valence-electron chi connectivity index (χ4n) is 5.58. The number of likely N-dealkylation sites (tertiary alicyclic amines) is 2. The smallest absolute Gasteiger partial charge is 0.236 e. The van der Waals surface area contributed by atoms with Crippen LogP contribution in [0.3, 0.4) is 0 Å². The summed E-state index contributed by atoms with van der Waals surface area (Å²) < 4.78 is 0. The highest BCUT2D eigenvalue weighted by atomic mass is 16.2. The molecule has 2 unspecified atom stereocenters.